The number of hydrogen-bond donors (Lipinski definition) is 1. The predicted octanol–water partition coefficient (Wildman–Crippen LogP) is 1.92. The number of likely N-dealkylation sites (tertiary alicyclic amines) is 1. The Morgan fingerprint density at radius 2 is 2.27 bits per heavy atom. The first-order valence-electron chi connectivity index (χ1n) is 7.89. The third-order valence-corrected chi connectivity index (χ3v) is 5.30. The van der Waals surface area contributed by atoms with E-state index < -0.39 is 0 Å². The molecular weight excluding hydrogens is 300 g/mol. The number of thiazole rings is 1. The van der Waals surface area contributed by atoms with Crippen LogP contribution >= 0.6 is 11.3 Å². The number of amides is 3. The van der Waals surface area contributed by atoms with Gasteiger partial charge in [0.1, 0.15) is 11.6 Å². The van der Waals surface area contributed by atoms with Gasteiger partial charge in [-0.2, -0.15) is 0 Å². The standard InChI is InChI=1S/C15H22N4O2S/c1-11-10-22-14(17-11)12-5-2-3-8-19(12)13(20)9-18-7-4-6-16-15(18)21/h10,12H,2-9H2,1H3,(H,16,21)/t12-/m0/s1. The van der Waals surface area contributed by atoms with E-state index in [4.69, 9.17) is 0 Å². The summed E-state index contributed by atoms with van der Waals surface area (Å²) in [4.78, 5) is 32.6. The third kappa shape index (κ3) is 3.24. The minimum Gasteiger partial charge on any atom is -0.338 e. The summed E-state index contributed by atoms with van der Waals surface area (Å²) < 4.78 is 0. The lowest BCUT2D eigenvalue weighted by Gasteiger charge is -2.36. The average molecular weight is 322 g/mol. The molecule has 1 N–H and O–H groups in total. The van der Waals surface area contributed by atoms with Crippen LogP contribution in [0.2, 0.25) is 0 Å². The maximum atomic E-state index is 12.7. The van der Waals surface area contributed by atoms with Gasteiger partial charge in [-0.15, -0.1) is 11.3 Å². The first-order chi connectivity index (χ1) is 10.6. The number of piperidine rings is 1. The van der Waals surface area contributed by atoms with E-state index in [1.807, 2.05) is 17.2 Å². The number of nitrogens with zero attached hydrogens (tertiary/aromatic N) is 3. The molecule has 0 unspecified atom stereocenters. The molecule has 0 aromatic carbocycles. The zero-order chi connectivity index (χ0) is 15.5. The van der Waals surface area contributed by atoms with Crippen LogP contribution in [0, 0.1) is 6.92 Å². The maximum Gasteiger partial charge on any atom is 0.317 e. The topological polar surface area (TPSA) is 65.5 Å². The number of aryl methyl sites for hydroxylation is 1. The molecule has 6 nitrogen and oxygen atoms in total. The van der Waals surface area contributed by atoms with Crippen LogP contribution in [0.5, 0.6) is 0 Å². The van der Waals surface area contributed by atoms with Crippen molar-refractivity contribution >= 4 is 23.3 Å². The van der Waals surface area contributed by atoms with E-state index in [-0.39, 0.29) is 24.5 Å². The van der Waals surface area contributed by atoms with E-state index in [1.165, 1.54) is 0 Å². The van der Waals surface area contributed by atoms with Crippen molar-refractivity contribution in [3.63, 3.8) is 0 Å². The summed E-state index contributed by atoms with van der Waals surface area (Å²) in [6.45, 7) is 4.28. The number of hydrogen-bond acceptors (Lipinski definition) is 4. The Bertz CT molecular complexity index is 559. The molecule has 2 aliphatic rings. The van der Waals surface area contributed by atoms with E-state index in [1.54, 1.807) is 16.2 Å². The highest BCUT2D eigenvalue weighted by Crippen LogP contribution is 2.32. The van der Waals surface area contributed by atoms with Crippen LogP contribution in [-0.2, 0) is 4.79 Å². The molecule has 22 heavy (non-hydrogen) atoms. The molecule has 1 aromatic rings. The van der Waals surface area contributed by atoms with Crippen LogP contribution in [0.1, 0.15) is 42.4 Å². The van der Waals surface area contributed by atoms with Crippen LogP contribution in [-0.4, -0.2) is 52.9 Å². The molecule has 0 radical (unpaired) electrons. The summed E-state index contributed by atoms with van der Waals surface area (Å²) in [6, 6.07) is -0.0499. The molecule has 0 saturated carbocycles. The molecule has 3 rings (SSSR count). The molecule has 2 saturated heterocycles. The lowest BCUT2D eigenvalue weighted by molar-refractivity contribution is -0.135. The van der Waals surface area contributed by atoms with Gasteiger partial charge in [-0.3, -0.25) is 4.79 Å². The van der Waals surface area contributed by atoms with Gasteiger partial charge in [-0.25, -0.2) is 9.78 Å². The van der Waals surface area contributed by atoms with E-state index in [9.17, 15) is 9.59 Å². The molecule has 7 heteroatoms. The summed E-state index contributed by atoms with van der Waals surface area (Å²) in [5.74, 6) is 0.0367. The van der Waals surface area contributed by atoms with Gasteiger partial charge in [0.25, 0.3) is 0 Å². The molecule has 2 fully saturated rings. The Kier molecular flexibility index (Phi) is 4.61. The number of nitrogens with one attached hydrogen (secondary N) is 1. The van der Waals surface area contributed by atoms with Crippen LogP contribution in [0.4, 0.5) is 4.79 Å². The van der Waals surface area contributed by atoms with Crippen molar-refractivity contribution in [1.29, 1.82) is 0 Å². The first kappa shape index (κ1) is 15.3. The normalized spacial score (nSPS) is 22.6. The van der Waals surface area contributed by atoms with Gasteiger partial charge in [-0.05, 0) is 32.6 Å². The largest absolute Gasteiger partial charge is 0.338 e. The van der Waals surface area contributed by atoms with Crippen molar-refractivity contribution in [2.24, 2.45) is 0 Å². The zero-order valence-electron chi connectivity index (χ0n) is 12.9. The monoisotopic (exact) mass is 322 g/mol. The van der Waals surface area contributed by atoms with Gasteiger partial charge in [0, 0.05) is 30.7 Å². The van der Waals surface area contributed by atoms with Crippen molar-refractivity contribution in [3.05, 3.63) is 16.1 Å². The smallest absolute Gasteiger partial charge is 0.317 e. The summed E-state index contributed by atoms with van der Waals surface area (Å²) in [7, 11) is 0. The highest BCUT2D eigenvalue weighted by molar-refractivity contribution is 7.09. The summed E-state index contributed by atoms with van der Waals surface area (Å²) in [5, 5.41) is 5.85. The molecule has 0 bridgehead atoms. The minimum absolute atomic E-state index is 0.0367. The number of carbonyl (C=O) groups excluding carboxylic acids is 2. The van der Waals surface area contributed by atoms with Crippen molar-refractivity contribution < 1.29 is 9.59 Å². The van der Waals surface area contributed by atoms with Gasteiger partial charge in [0.2, 0.25) is 5.91 Å². The van der Waals surface area contributed by atoms with E-state index in [0.29, 0.717) is 13.1 Å². The second-order valence-electron chi connectivity index (χ2n) is 5.93. The Labute approximate surface area is 134 Å². The summed E-state index contributed by atoms with van der Waals surface area (Å²) in [6.07, 6.45) is 4.01. The fraction of sp³-hybridized carbons (Fsp3) is 0.667. The molecule has 0 aliphatic carbocycles. The van der Waals surface area contributed by atoms with Crippen LogP contribution in [0.15, 0.2) is 5.38 Å². The first-order valence-corrected chi connectivity index (χ1v) is 8.77. The van der Waals surface area contributed by atoms with Crippen LogP contribution in [0.25, 0.3) is 0 Å². The van der Waals surface area contributed by atoms with Crippen molar-refractivity contribution in [3.8, 4) is 0 Å². The number of rotatable bonds is 3. The van der Waals surface area contributed by atoms with Gasteiger partial charge in [-0.1, -0.05) is 0 Å². The van der Waals surface area contributed by atoms with Crippen LogP contribution in [0.3, 0.4) is 0 Å². The second-order valence-corrected chi connectivity index (χ2v) is 6.82. The second kappa shape index (κ2) is 6.64. The van der Waals surface area contributed by atoms with E-state index in [0.717, 1.165) is 42.9 Å². The van der Waals surface area contributed by atoms with Crippen LogP contribution < -0.4 is 5.32 Å². The van der Waals surface area contributed by atoms with Crippen molar-refractivity contribution in [2.45, 2.75) is 38.6 Å². The average Bonchev–Trinajstić information content (AvgIpc) is 2.96. The van der Waals surface area contributed by atoms with E-state index in [2.05, 4.69) is 10.3 Å². The minimum atomic E-state index is -0.127. The summed E-state index contributed by atoms with van der Waals surface area (Å²) in [5.41, 5.74) is 1.01. The fourth-order valence-corrected chi connectivity index (χ4v) is 4.04. The highest BCUT2D eigenvalue weighted by Gasteiger charge is 2.31. The molecule has 3 heterocycles. The van der Waals surface area contributed by atoms with Gasteiger partial charge < -0.3 is 15.1 Å². The number of aromatic nitrogens is 1. The Hall–Kier alpha value is -1.63. The zero-order valence-corrected chi connectivity index (χ0v) is 13.7. The van der Waals surface area contributed by atoms with Crippen molar-refractivity contribution in [1.82, 2.24) is 20.1 Å². The van der Waals surface area contributed by atoms with E-state index >= 15 is 0 Å². The molecule has 0 spiro atoms. The Morgan fingerprint density at radius 1 is 1.41 bits per heavy atom. The lowest BCUT2D eigenvalue weighted by Crippen LogP contribution is -2.51. The molecule has 3 amide bonds. The number of urea groups is 1. The Balaban J connectivity index is 1.70. The summed E-state index contributed by atoms with van der Waals surface area (Å²) >= 11 is 1.63. The SMILES string of the molecule is Cc1csc([C@@H]2CCCCN2C(=O)CN2CCCNC2=O)n1. The number of carbonyl (C=O) groups is 2. The molecular formula is C15H22N4O2S. The molecule has 1 aromatic heterocycles. The van der Waals surface area contributed by atoms with Gasteiger partial charge in [0.05, 0.1) is 6.04 Å². The highest BCUT2D eigenvalue weighted by atomic mass is 32.1. The third-order valence-electron chi connectivity index (χ3n) is 4.24. The predicted molar refractivity (Wildman–Crippen MR) is 84.7 cm³/mol. The maximum absolute atomic E-state index is 12.7. The lowest BCUT2D eigenvalue weighted by atomic mass is 10.0. The molecule has 2 aliphatic heterocycles. The van der Waals surface area contributed by atoms with Crippen molar-refractivity contribution in [2.75, 3.05) is 26.2 Å². The van der Waals surface area contributed by atoms with Gasteiger partial charge in [0.15, 0.2) is 0 Å². The quantitative estimate of drug-likeness (QED) is 0.924. The van der Waals surface area contributed by atoms with Gasteiger partial charge >= 0.3 is 6.03 Å². The Morgan fingerprint density at radius 3 is 3.00 bits per heavy atom. The molecule has 120 valence electrons. The molecule has 1 atom stereocenters. The fourth-order valence-electron chi connectivity index (χ4n) is 3.10.